The van der Waals surface area contributed by atoms with Crippen LogP contribution in [0.4, 0.5) is 24.9 Å². The highest BCUT2D eigenvalue weighted by Crippen LogP contribution is 2.29. The number of halogens is 3. The fourth-order valence-electron chi connectivity index (χ4n) is 2.82. The van der Waals surface area contributed by atoms with Gasteiger partial charge in [-0.2, -0.15) is 13.2 Å². The first-order valence-electron chi connectivity index (χ1n) is 8.32. The number of nitrogens with zero attached hydrogens (tertiary/aromatic N) is 5. The average molecular weight is 367 g/mol. The van der Waals surface area contributed by atoms with Gasteiger partial charge in [-0.25, -0.2) is 15.0 Å². The molecule has 0 bridgehead atoms. The molecule has 0 spiro atoms. The van der Waals surface area contributed by atoms with Crippen molar-refractivity contribution in [2.45, 2.75) is 26.1 Å². The predicted octanol–water partition coefficient (Wildman–Crippen LogP) is 2.58. The molecular formula is C17H20F3N5O. The highest BCUT2D eigenvalue weighted by atomic mass is 19.4. The molecule has 1 atom stereocenters. The molecule has 0 amide bonds. The lowest BCUT2D eigenvalue weighted by molar-refractivity contribution is -0.141. The fraction of sp³-hybridized carbons (Fsp3) is 0.471. The number of anilines is 2. The molecule has 140 valence electrons. The van der Waals surface area contributed by atoms with Crippen molar-refractivity contribution in [1.29, 1.82) is 0 Å². The first-order chi connectivity index (χ1) is 12.2. The molecule has 3 heterocycles. The van der Waals surface area contributed by atoms with Gasteiger partial charge < -0.3 is 14.9 Å². The van der Waals surface area contributed by atoms with E-state index < -0.39 is 18.0 Å². The second kappa shape index (κ2) is 7.06. The Kier molecular flexibility index (Phi) is 4.99. The Hall–Kier alpha value is -2.42. The summed E-state index contributed by atoms with van der Waals surface area (Å²) < 4.78 is 38.9. The average Bonchev–Trinajstić information content (AvgIpc) is 2.61. The standard InChI is InChI=1S/C17H20F3N5O/c1-11-10-14(17(18,19)20)23-16(21-11)25-8-6-24(7-9-25)15-5-3-4-13(22-15)12(2)26/h3-5,10,12,26H,6-9H2,1-2H3/t12-/m0/s1. The topological polar surface area (TPSA) is 65.4 Å². The molecule has 6 nitrogen and oxygen atoms in total. The Morgan fingerprint density at radius 2 is 1.69 bits per heavy atom. The minimum atomic E-state index is -4.49. The van der Waals surface area contributed by atoms with Crippen molar-refractivity contribution in [1.82, 2.24) is 15.0 Å². The van der Waals surface area contributed by atoms with E-state index in [-0.39, 0.29) is 11.6 Å². The van der Waals surface area contributed by atoms with E-state index in [0.29, 0.717) is 31.9 Å². The van der Waals surface area contributed by atoms with Crippen LogP contribution in [0.1, 0.15) is 30.1 Å². The zero-order valence-corrected chi connectivity index (χ0v) is 14.5. The van der Waals surface area contributed by atoms with Gasteiger partial charge >= 0.3 is 6.18 Å². The van der Waals surface area contributed by atoms with Gasteiger partial charge in [-0.05, 0) is 32.0 Å². The summed E-state index contributed by atoms with van der Waals surface area (Å²) in [6.45, 7) is 5.31. The lowest BCUT2D eigenvalue weighted by Gasteiger charge is -2.35. The largest absolute Gasteiger partial charge is 0.433 e. The van der Waals surface area contributed by atoms with Gasteiger partial charge in [0.1, 0.15) is 11.5 Å². The summed E-state index contributed by atoms with van der Waals surface area (Å²) in [4.78, 5) is 16.0. The van der Waals surface area contributed by atoms with Crippen molar-refractivity contribution in [2.75, 3.05) is 36.0 Å². The molecule has 2 aromatic heterocycles. The summed E-state index contributed by atoms with van der Waals surface area (Å²) in [6.07, 6.45) is -5.15. The van der Waals surface area contributed by atoms with Crippen molar-refractivity contribution in [3.8, 4) is 0 Å². The predicted molar refractivity (Wildman–Crippen MR) is 91.1 cm³/mol. The molecule has 1 fully saturated rings. The van der Waals surface area contributed by atoms with E-state index in [2.05, 4.69) is 15.0 Å². The molecule has 3 rings (SSSR count). The minimum Gasteiger partial charge on any atom is -0.387 e. The molecule has 1 aliphatic rings. The van der Waals surface area contributed by atoms with Crippen LogP contribution in [0.3, 0.4) is 0 Å². The summed E-state index contributed by atoms with van der Waals surface area (Å²) in [7, 11) is 0. The molecule has 0 radical (unpaired) electrons. The fourth-order valence-corrected chi connectivity index (χ4v) is 2.82. The highest BCUT2D eigenvalue weighted by molar-refractivity contribution is 5.43. The maximum absolute atomic E-state index is 13.0. The molecule has 1 N–H and O–H groups in total. The van der Waals surface area contributed by atoms with Crippen molar-refractivity contribution in [2.24, 2.45) is 0 Å². The van der Waals surface area contributed by atoms with Gasteiger partial charge in [-0.3, -0.25) is 0 Å². The quantitative estimate of drug-likeness (QED) is 0.900. The van der Waals surface area contributed by atoms with Crippen LogP contribution in [0, 0.1) is 6.92 Å². The molecule has 0 aromatic carbocycles. The van der Waals surface area contributed by atoms with Gasteiger partial charge in [-0.15, -0.1) is 0 Å². The number of piperazine rings is 1. The molecule has 0 unspecified atom stereocenters. The summed E-state index contributed by atoms with van der Waals surface area (Å²) in [5.41, 5.74) is -0.0495. The summed E-state index contributed by atoms with van der Waals surface area (Å²) in [5, 5.41) is 9.66. The number of hydrogen-bond donors (Lipinski definition) is 1. The van der Waals surface area contributed by atoms with E-state index in [4.69, 9.17) is 0 Å². The molecule has 1 saturated heterocycles. The third-order valence-electron chi connectivity index (χ3n) is 4.20. The van der Waals surface area contributed by atoms with E-state index in [1.54, 1.807) is 17.9 Å². The van der Waals surface area contributed by atoms with Crippen molar-refractivity contribution >= 4 is 11.8 Å². The van der Waals surface area contributed by atoms with Crippen LogP contribution in [0.2, 0.25) is 0 Å². The zero-order chi connectivity index (χ0) is 18.9. The number of alkyl halides is 3. The van der Waals surface area contributed by atoms with Gasteiger partial charge in [-0.1, -0.05) is 6.07 Å². The molecular weight excluding hydrogens is 347 g/mol. The van der Waals surface area contributed by atoms with E-state index in [9.17, 15) is 18.3 Å². The van der Waals surface area contributed by atoms with E-state index in [0.717, 1.165) is 11.9 Å². The lowest BCUT2D eigenvalue weighted by atomic mass is 10.2. The normalized spacial score (nSPS) is 16.7. The van der Waals surface area contributed by atoms with Crippen molar-refractivity contribution < 1.29 is 18.3 Å². The smallest absolute Gasteiger partial charge is 0.387 e. The molecule has 2 aromatic rings. The minimum absolute atomic E-state index is 0.0997. The maximum atomic E-state index is 13.0. The lowest BCUT2D eigenvalue weighted by Crippen LogP contribution is -2.47. The van der Waals surface area contributed by atoms with Crippen LogP contribution >= 0.6 is 0 Å². The van der Waals surface area contributed by atoms with Gasteiger partial charge in [0.25, 0.3) is 0 Å². The van der Waals surface area contributed by atoms with Crippen LogP contribution in [0.5, 0.6) is 0 Å². The van der Waals surface area contributed by atoms with Gasteiger partial charge in [0.05, 0.1) is 11.8 Å². The highest BCUT2D eigenvalue weighted by Gasteiger charge is 2.34. The summed E-state index contributed by atoms with van der Waals surface area (Å²) in [6, 6.07) is 6.39. The number of aliphatic hydroxyl groups is 1. The molecule has 0 saturated carbocycles. The Bertz CT molecular complexity index is 773. The Balaban J connectivity index is 1.73. The number of hydrogen-bond acceptors (Lipinski definition) is 6. The Morgan fingerprint density at radius 3 is 2.31 bits per heavy atom. The third-order valence-corrected chi connectivity index (χ3v) is 4.20. The Labute approximate surface area is 149 Å². The third kappa shape index (κ3) is 4.04. The first-order valence-corrected chi connectivity index (χ1v) is 8.32. The molecule has 1 aliphatic heterocycles. The number of aromatic nitrogens is 3. The SMILES string of the molecule is Cc1cc(C(F)(F)F)nc(N2CCN(c3cccc([C@H](C)O)n3)CC2)n1. The first kappa shape index (κ1) is 18.4. The van der Waals surface area contributed by atoms with Crippen LogP contribution in [0.25, 0.3) is 0 Å². The van der Waals surface area contributed by atoms with Crippen LogP contribution in [0.15, 0.2) is 24.3 Å². The van der Waals surface area contributed by atoms with Crippen LogP contribution in [-0.2, 0) is 6.18 Å². The number of aryl methyl sites for hydroxylation is 1. The Morgan fingerprint density at radius 1 is 1.04 bits per heavy atom. The van der Waals surface area contributed by atoms with Crippen molar-refractivity contribution in [3.63, 3.8) is 0 Å². The number of pyridine rings is 1. The van der Waals surface area contributed by atoms with E-state index in [1.165, 1.54) is 6.92 Å². The maximum Gasteiger partial charge on any atom is 0.433 e. The van der Waals surface area contributed by atoms with Gasteiger partial charge in [0.15, 0.2) is 0 Å². The van der Waals surface area contributed by atoms with Crippen LogP contribution in [-0.4, -0.2) is 46.2 Å². The van der Waals surface area contributed by atoms with Crippen molar-refractivity contribution in [3.05, 3.63) is 41.3 Å². The summed E-state index contributed by atoms with van der Waals surface area (Å²) >= 11 is 0. The van der Waals surface area contributed by atoms with E-state index >= 15 is 0 Å². The number of aliphatic hydroxyl groups excluding tert-OH is 1. The monoisotopic (exact) mass is 367 g/mol. The molecule has 26 heavy (non-hydrogen) atoms. The van der Waals surface area contributed by atoms with Gasteiger partial charge in [0.2, 0.25) is 5.95 Å². The molecule has 9 heteroatoms. The number of rotatable bonds is 3. The second-order valence-electron chi connectivity index (χ2n) is 6.26. The van der Waals surface area contributed by atoms with E-state index in [1.807, 2.05) is 17.0 Å². The summed E-state index contributed by atoms with van der Waals surface area (Å²) in [5.74, 6) is 0.840. The van der Waals surface area contributed by atoms with Crippen LogP contribution < -0.4 is 9.80 Å². The zero-order valence-electron chi connectivity index (χ0n) is 14.5. The van der Waals surface area contributed by atoms with Gasteiger partial charge in [0, 0.05) is 31.9 Å². The molecule has 0 aliphatic carbocycles. The second-order valence-corrected chi connectivity index (χ2v) is 6.26.